The fraction of sp³-hybridized carbons (Fsp3) is 0.392. The van der Waals surface area contributed by atoms with Crippen LogP contribution in [0.2, 0.25) is 0 Å². The van der Waals surface area contributed by atoms with Crippen LogP contribution in [0.3, 0.4) is 0 Å². The Morgan fingerprint density at radius 3 is 2.12 bits per heavy atom. The first-order valence-electron chi connectivity index (χ1n) is 22.2. The second kappa shape index (κ2) is 18.5. The van der Waals surface area contributed by atoms with Gasteiger partial charge in [0.15, 0.2) is 0 Å². The van der Waals surface area contributed by atoms with E-state index in [0.29, 0.717) is 40.8 Å². The second-order valence-corrected chi connectivity index (χ2v) is 17.6. The molecule has 7 atom stereocenters. The topological polar surface area (TPSA) is 198 Å². The third-order valence-electron chi connectivity index (χ3n) is 13.3. The molecule has 4 aliphatic rings. The summed E-state index contributed by atoms with van der Waals surface area (Å²) in [5.74, 6) is 1.18. The summed E-state index contributed by atoms with van der Waals surface area (Å²) in [5.41, 5.74) is 5.63. The van der Waals surface area contributed by atoms with Crippen molar-refractivity contribution in [2.24, 2.45) is 17.6 Å². The first-order valence-corrected chi connectivity index (χ1v) is 22.2. The summed E-state index contributed by atoms with van der Waals surface area (Å²) in [6, 6.07) is 24.5. The van der Waals surface area contributed by atoms with Crippen LogP contribution in [0.15, 0.2) is 103 Å². The number of nitrogens with one attached hydrogen (secondary N) is 1. The number of urea groups is 1. The Balaban J connectivity index is 1.42. The number of aliphatic hydroxyl groups excluding tert-OH is 1. The maximum atomic E-state index is 16.2. The van der Waals surface area contributed by atoms with Gasteiger partial charge in [0, 0.05) is 5.56 Å². The Kier molecular flexibility index (Phi) is 12.8. The van der Waals surface area contributed by atoms with Gasteiger partial charge in [0.05, 0.1) is 37.4 Å². The van der Waals surface area contributed by atoms with Crippen molar-refractivity contribution in [1.82, 2.24) is 10.2 Å². The molecular formula is C51H54N4O10. The molecule has 4 aromatic carbocycles. The van der Waals surface area contributed by atoms with Crippen LogP contribution in [0, 0.1) is 23.7 Å². The van der Waals surface area contributed by atoms with E-state index in [9.17, 15) is 29.4 Å². The molecule has 0 bridgehead atoms. The van der Waals surface area contributed by atoms with E-state index < -0.39 is 82.9 Å². The standard InChI is InChI=1S/C51H54N4O10/c1-31(2)40(46(58)63-3)53-49(61)54-38-23-18-32(24-27-50(62)25-12-4-5-13-26-50)30-37(38)51(48(54)60)39(45(52)57)42-47(59)65-43(34-16-10-7-11-17-34)41(33-14-8-6-9-15-33)55(42)44(51)35-19-21-36(22-20-35)64-29-28-56/h6-11,14-23,30-31,39-44,56,62H,4-5,12-13,25-26,28-29H2,1-3H3,(H2,52,57)(H,53,61). The summed E-state index contributed by atoms with van der Waals surface area (Å²) < 4.78 is 17.2. The first-order chi connectivity index (χ1) is 31.3. The van der Waals surface area contributed by atoms with E-state index in [0.717, 1.165) is 30.6 Å². The van der Waals surface area contributed by atoms with Crippen LogP contribution in [0.5, 0.6) is 5.75 Å². The van der Waals surface area contributed by atoms with Gasteiger partial charge in [0.2, 0.25) is 11.8 Å². The van der Waals surface area contributed by atoms with Gasteiger partial charge in [-0.3, -0.25) is 19.3 Å². The zero-order chi connectivity index (χ0) is 46.0. The average Bonchev–Trinajstić information content (AvgIpc) is 3.65. The van der Waals surface area contributed by atoms with E-state index >= 15 is 4.79 Å². The number of amides is 4. The van der Waals surface area contributed by atoms with Gasteiger partial charge >= 0.3 is 18.0 Å². The molecule has 338 valence electrons. The van der Waals surface area contributed by atoms with E-state index in [1.165, 1.54) is 7.11 Å². The molecule has 0 radical (unpaired) electrons. The van der Waals surface area contributed by atoms with Crippen molar-refractivity contribution >= 4 is 35.5 Å². The number of fused-ring (bicyclic) bond motifs is 3. The molecule has 4 amide bonds. The number of imide groups is 1. The van der Waals surface area contributed by atoms with Crippen LogP contribution in [0.25, 0.3) is 0 Å². The van der Waals surface area contributed by atoms with Crippen molar-refractivity contribution in [3.05, 3.63) is 131 Å². The number of esters is 2. The second-order valence-electron chi connectivity index (χ2n) is 17.6. The molecule has 4 aromatic rings. The fourth-order valence-corrected chi connectivity index (χ4v) is 10.4. The lowest BCUT2D eigenvalue weighted by molar-refractivity contribution is -0.178. The summed E-state index contributed by atoms with van der Waals surface area (Å²) in [6.07, 6.45) is 3.63. The Hall–Kier alpha value is -6.53. The highest BCUT2D eigenvalue weighted by Crippen LogP contribution is 2.65. The number of morpholine rings is 1. The first kappa shape index (κ1) is 45.1. The Morgan fingerprint density at radius 2 is 1.52 bits per heavy atom. The van der Waals surface area contributed by atoms with Crippen LogP contribution < -0.4 is 20.7 Å². The minimum Gasteiger partial charge on any atom is -0.491 e. The van der Waals surface area contributed by atoms with Crippen LogP contribution in [-0.4, -0.2) is 82.9 Å². The zero-order valence-electron chi connectivity index (χ0n) is 36.6. The highest BCUT2D eigenvalue weighted by atomic mass is 16.6. The highest BCUT2D eigenvalue weighted by Gasteiger charge is 2.75. The van der Waals surface area contributed by atoms with E-state index in [-0.39, 0.29) is 24.5 Å². The third kappa shape index (κ3) is 8.13. The molecule has 5 N–H and O–H groups in total. The number of nitrogens with zero attached hydrogens (tertiary/aromatic N) is 2. The van der Waals surface area contributed by atoms with Crippen LogP contribution in [0.4, 0.5) is 10.5 Å². The number of hydrogen-bond acceptors (Lipinski definition) is 11. The summed E-state index contributed by atoms with van der Waals surface area (Å²) >= 11 is 0. The Morgan fingerprint density at radius 1 is 0.877 bits per heavy atom. The van der Waals surface area contributed by atoms with E-state index in [1.54, 1.807) is 56.3 Å². The van der Waals surface area contributed by atoms with Gasteiger partial charge in [-0.05, 0) is 84.2 Å². The number of aliphatic hydroxyl groups is 2. The molecule has 1 spiro atoms. The molecule has 3 fully saturated rings. The van der Waals surface area contributed by atoms with E-state index in [4.69, 9.17) is 19.9 Å². The minimum atomic E-state index is -2.12. The van der Waals surface area contributed by atoms with Gasteiger partial charge in [-0.25, -0.2) is 14.5 Å². The predicted molar refractivity (Wildman–Crippen MR) is 239 cm³/mol. The number of ether oxygens (including phenoxy) is 3. The molecule has 0 aromatic heterocycles. The lowest BCUT2D eigenvalue weighted by atomic mass is 9.65. The Labute approximate surface area is 378 Å². The number of hydrogen-bond donors (Lipinski definition) is 4. The quantitative estimate of drug-likeness (QED) is 0.0885. The van der Waals surface area contributed by atoms with Gasteiger partial charge in [0.25, 0.3) is 0 Å². The van der Waals surface area contributed by atoms with Crippen molar-refractivity contribution in [1.29, 1.82) is 0 Å². The van der Waals surface area contributed by atoms with Crippen LogP contribution in [0.1, 0.15) is 98.4 Å². The fourth-order valence-electron chi connectivity index (χ4n) is 10.4. The van der Waals surface area contributed by atoms with Crippen molar-refractivity contribution in [2.75, 3.05) is 25.2 Å². The number of carbonyl (C=O) groups is 5. The lowest BCUT2D eigenvalue weighted by Gasteiger charge is -2.46. The molecular weight excluding hydrogens is 829 g/mol. The van der Waals surface area contributed by atoms with Gasteiger partial charge < -0.3 is 35.5 Å². The van der Waals surface area contributed by atoms with Crippen molar-refractivity contribution in [3.63, 3.8) is 0 Å². The third-order valence-corrected chi connectivity index (χ3v) is 13.3. The number of anilines is 1. The highest BCUT2D eigenvalue weighted by molar-refractivity contribution is 6.25. The molecule has 7 unspecified atom stereocenters. The van der Waals surface area contributed by atoms with E-state index in [1.807, 2.05) is 65.6 Å². The van der Waals surface area contributed by atoms with Crippen molar-refractivity contribution in [2.45, 2.75) is 93.7 Å². The van der Waals surface area contributed by atoms with E-state index in [2.05, 4.69) is 17.2 Å². The maximum absolute atomic E-state index is 16.2. The SMILES string of the molecule is COC(=O)C(NC(=O)N1C(=O)C2(c3cc(C#CC4(O)CCCCCC4)ccc31)C(C(N)=O)C1C(=O)OC(c3ccccc3)C(c3ccccc3)N1C2c1ccc(OCCO)cc1)C(C)C. The van der Waals surface area contributed by atoms with Crippen LogP contribution in [-0.2, 0) is 34.1 Å². The molecule has 14 nitrogen and oxygen atoms in total. The minimum absolute atomic E-state index is 0.0170. The molecule has 3 aliphatic heterocycles. The van der Waals surface area contributed by atoms with Crippen molar-refractivity contribution in [3.8, 4) is 17.6 Å². The number of cyclic esters (lactones) is 1. The molecule has 3 heterocycles. The summed E-state index contributed by atoms with van der Waals surface area (Å²) in [7, 11) is 1.20. The number of primary amides is 1. The van der Waals surface area contributed by atoms with Crippen molar-refractivity contribution < 1.29 is 48.4 Å². The molecule has 65 heavy (non-hydrogen) atoms. The molecule has 2 saturated heterocycles. The lowest BCUT2D eigenvalue weighted by Crippen LogP contribution is -2.57. The molecule has 1 saturated carbocycles. The number of rotatable bonds is 10. The summed E-state index contributed by atoms with van der Waals surface area (Å²) in [6.45, 7) is 3.22. The number of nitrogens with two attached hydrogens (primary N) is 1. The van der Waals surface area contributed by atoms with Gasteiger partial charge in [0.1, 0.15) is 41.6 Å². The molecule has 8 rings (SSSR count). The zero-order valence-corrected chi connectivity index (χ0v) is 36.6. The number of benzene rings is 4. The van der Waals surface area contributed by atoms with Gasteiger partial charge in [-0.15, -0.1) is 0 Å². The number of carbonyl (C=O) groups excluding carboxylic acids is 5. The predicted octanol–water partition coefficient (Wildman–Crippen LogP) is 5.55. The molecule has 1 aliphatic carbocycles. The van der Waals surface area contributed by atoms with Crippen LogP contribution >= 0.6 is 0 Å². The molecule has 14 heteroatoms. The maximum Gasteiger partial charge on any atom is 0.329 e. The summed E-state index contributed by atoms with van der Waals surface area (Å²) in [4.78, 5) is 76.4. The monoisotopic (exact) mass is 882 g/mol. The summed E-state index contributed by atoms with van der Waals surface area (Å²) in [5, 5.41) is 23.8. The largest absolute Gasteiger partial charge is 0.491 e. The number of methoxy groups -OCH3 is 1. The van der Waals surface area contributed by atoms with Gasteiger partial charge in [-0.1, -0.05) is 111 Å². The van der Waals surface area contributed by atoms with Gasteiger partial charge in [-0.2, -0.15) is 0 Å². The Bertz CT molecular complexity index is 2500. The normalized spacial score (nSPS) is 25.1. The average molecular weight is 883 g/mol. The smallest absolute Gasteiger partial charge is 0.329 e.